The molecule has 0 saturated carbocycles. The van der Waals surface area contributed by atoms with E-state index in [-0.39, 0.29) is 0 Å². The molecular formula is C10H15ClN2O. The minimum Gasteiger partial charge on any atom is -0.387 e. The summed E-state index contributed by atoms with van der Waals surface area (Å²) in [6, 6.07) is 7.21. The van der Waals surface area contributed by atoms with Crippen LogP contribution < -0.4 is 11.1 Å². The van der Waals surface area contributed by atoms with Crippen molar-refractivity contribution in [1.82, 2.24) is 5.32 Å². The van der Waals surface area contributed by atoms with Gasteiger partial charge in [0.15, 0.2) is 0 Å². The molecule has 0 aliphatic carbocycles. The van der Waals surface area contributed by atoms with Crippen LogP contribution >= 0.6 is 11.6 Å². The highest BCUT2D eigenvalue weighted by atomic mass is 35.5. The summed E-state index contributed by atoms with van der Waals surface area (Å²) in [5.74, 6) is 0. The predicted molar refractivity (Wildman–Crippen MR) is 58.3 cm³/mol. The molecule has 0 aliphatic rings. The molecule has 3 nitrogen and oxygen atoms in total. The van der Waals surface area contributed by atoms with E-state index in [1.807, 2.05) is 12.1 Å². The van der Waals surface area contributed by atoms with E-state index >= 15 is 0 Å². The average molecular weight is 215 g/mol. The highest BCUT2D eigenvalue weighted by molar-refractivity contribution is 6.30. The van der Waals surface area contributed by atoms with Gasteiger partial charge in [-0.1, -0.05) is 23.7 Å². The number of hydrogen-bond acceptors (Lipinski definition) is 3. The van der Waals surface area contributed by atoms with Crippen molar-refractivity contribution in [3.05, 3.63) is 34.9 Å². The average Bonchev–Trinajstić information content (AvgIpc) is 2.18. The summed E-state index contributed by atoms with van der Waals surface area (Å²) < 4.78 is 0. The van der Waals surface area contributed by atoms with Gasteiger partial charge < -0.3 is 16.2 Å². The summed E-state index contributed by atoms with van der Waals surface area (Å²) >= 11 is 5.80. The van der Waals surface area contributed by atoms with Crippen LogP contribution in [0.3, 0.4) is 0 Å². The summed E-state index contributed by atoms with van der Waals surface area (Å²) in [6.07, 6.45) is -0.528. The molecular weight excluding hydrogens is 200 g/mol. The van der Waals surface area contributed by atoms with Gasteiger partial charge in [0.2, 0.25) is 0 Å². The number of halogens is 1. The van der Waals surface area contributed by atoms with Gasteiger partial charge in [-0.2, -0.15) is 0 Å². The third kappa shape index (κ3) is 3.64. The molecule has 0 fully saturated rings. The Hall–Kier alpha value is -0.610. The Kier molecular flexibility index (Phi) is 4.90. The highest BCUT2D eigenvalue weighted by Crippen LogP contribution is 2.16. The van der Waals surface area contributed by atoms with E-state index < -0.39 is 6.10 Å². The standard InChI is InChI=1S/C10H15ClN2O/c11-9-3-1-2-8(6-9)10(14)7-13-5-4-12/h1-3,6,10,13-14H,4-5,7,12H2/t10-/m0/s1. The van der Waals surface area contributed by atoms with Gasteiger partial charge in [0, 0.05) is 24.7 Å². The van der Waals surface area contributed by atoms with Gasteiger partial charge in [-0.3, -0.25) is 0 Å². The van der Waals surface area contributed by atoms with Crippen LogP contribution in [0.2, 0.25) is 5.02 Å². The second-order valence-corrected chi connectivity index (χ2v) is 3.50. The molecule has 0 unspecified atom stereocenters. The Labute approximate surface area is 88.9 Å². The quantitative estimate of drug-likeness (QED) is 0.639. The van der Waals surface area contributed by atoms with Gasteiger partial charge in [0.25, 0.3) is 0 Å². The summed E-state index contributed by atoms with van der Waals surface area (Å²) in [4.78, 5) is 0. The lowest BCUT2D eigenvalue weighted by Gasteiger charge is -2.11. The SMILES string of the molecule is NCCNC[C@H](O)c1cccc(Cl)c1. The van der Waals surface area contributed by atoms with Crippen LogP contribution in [0.4, 0.5) is 0 Å². The molecule has 0 spiro atoms. The maximum atomic E-state index is 9.71. The second-order valence-electron chi connectivity index (χ2n) is 3.06. The fourth-order valence-electron chi connectivity index (χ4n) is 1.17. The zero-order chi connectivity index (χ0) is 10.4. The predicted octanol–water partition coefficient (Wildman–Crippen LogP) is 0.922. The number of benzene rings is 1. The molecule has 1 aromatic rings. The smallest absolute Gasteiger partial charge is 0.0914 e. The molecule has 0 radical (unpaired) electrons. The third-order valence-electron chi connectivity index (χ3n) is 1.89. The largest absolute Gasteiger partial charge is 0.387 e. The van der Waals surface area contributed by atoms with E-state index in [1.165, 1.54) is 0 Å². The Morgan fingerprint density at radius 3 is 2.93 bits per heavy atom. The second kappa shape index (κ2) is 5.98. The van der Waals surface area contributed by atoms with Gasteiger partial charge in [0.05, 0.1) is 6.10 Å². The van der Waals surface area contributed by atoms with Crippen molar-refractivity contribution in [1.29, 1.82) is 0 Å². The molecule has 1 atom stereocenters. The van der Waals surface area contributed by atoms with Gasteiger partial charge in [-0.25, -0.2) is 0 Å². The van der Waals surface area contributed by atoms with Crippen LogP contribution in [-0.4, -0.2) is 24.7 Å². The molecule has 4 heteroatoms. The number of aliphatic hydroxyl groups excluding tert-OH is 1. The topological polar surface area (TPSA) is 58.3 Å². The zero-order valence-corrected chi connectivity index (χ0v) is 8.67. The number of rotatable bonds is 5. The van der Waals surface area contributed by atoms with Gasteiger partial charge >= 0.3 is 0 Å². The molecule has 78 valence electrons. The zero-order valence-electron chi connectivity index (χ0n) is 7.91. The van der Waals surface area contributed by atoms with Crippen molar-refractivity contribution in [2.75, 3.05) is 19.6 Å². The minimum atomic E-state index is -0.528. The molecule has 0 heterocycles. The summed E-state index contributed by atoms with van der Waals surface area (Å²) in [6.45, 7) is 1.78. The van der Waals surface area contributed by atoms with Crippen molar-refractivity contribution in [3.63, 3.8) is 0 Å². The van der Waals surface area contributed by atoms with Crippen molar-refractivity contribution in [3.8, 4) is 0 Å². The molecule has 0 amide bonds. The Morgan fingerprint density at radius 2 is 2.29 bits per heavy atom. The van der Waals surface area contributed by atoms with Crippen molar-refractivity contribution >= 4 is 11.6 Å². The van der Waals surface area contributed by atoms with Gasteiger partial charge in [-0.05, 0) is 17.7 Å². The number of nitrogens with two attached hydrogens (primary N) is 1. The monoisotopic (exact) mass is 214 g/mol. The van der Waals surface area contributed by atoms with Crippen molar-refractivity contribution < 1.29 is 5.11 Å². The van der Waals surface area contributed by atoms with Crippen LogP contribution in [0.15, 0.2) is 24.3 Å². The maximum absolute atomic E-state index is 9.71. The minimum absolute atomic E-state index is 0.498. The van der Waals surface area contributed by atoms with Gasteiger partial charge in [0.1, 0.15) is 0 Å². The molecule has 0 aromatic heterocycles. The Morgan fingerprint density at radius 1 is 1.50 bits per heavy atom. The first-order valence-corrected chi connectivity index (χ1v) is 4.96. The number of aliphatic hydroxyl groups is 1. The van der Waals surface area contributed by atoms with Crippen LogP contribution in [0, 0.1) is 0 Å². The first-order valence-electron chi connectivity index (χ1n) is 4.58. The molecule has 4 N–H and O–H groups in total. The molecule has 1 aromatic carbocycles. The van der Waals surface area contributed by atoms with E-state index in [1.54, 1.807) is 12.1 Å². The Balaban J connectivity index is 2.47. The van der Waals surface area contributed by atoms with Crippen LogP contribution in [0.1, 0.15) is 11.7 Å². The highest BCUT2D eigenvalue weighted by Gasteiger charge is 2.06. The van der Waals surface area contributed by atoms with E-state index in [2.05, 4.69) is 5.32 Å². The number of nitrogens with one attached hydrogen (secondary N) is 1. The van der Waals surface area contributed by atoms with E-state index in [0.717, 1.165) is 5.56 Å². The van der Waals surface area contributed by atoms with Crippen LogP contribution in [0.5, 0.6) is 0 Å². The lowest BCUT2D eigenvalue weighted by atomic mass is 10.1. The normalized spacial score (nSPS) is 12.8. The first kappa shape index (κ1) is 11.5. The maximum Gasteiger partial charge on any atom is 0.0914 e. The fraction of sp³-hybridized carbons (Fsp3) is 0.400. The lowest BCUT2D eigenvalue weighted by Crippen LogP contribution is -2.27. The van der Waals surface area contributed by atoms with Crippen LogP contribution in [-0.2, 0) is 0 Å². The van der Waals surface area contributed by atoms with Crippen molar-refractivity contribution in [2.24, 2.45) is 5.73 Å². The van der Waals surface area contributed by atoms with Gasteiger partial charge in [-0.15, -0.1) is 0 Å². The fourth-order valence-corrected chi connectivity index (χ4v) is 1.37. The lowest BCUT2D eigenvalue weighted by molar-refractivity contribution is 0.175. The van der Waals surface area contributed by atoms with E-state index in [4.69, 9.17) is 17.3 Å². The Bertz CT molecular complexity index is 281. The number of hydrogen-bond donors (Lipinski definition) is 3. The summed E-state index contributed by atoms with van der Waals surface area (Å²) in [7, 11) is 0. The van der Waals surface area contributed by atoms with E-state index in [9.17, 15) is 5.11 Å². The molecule has 0 bridgehead atoms. The summed E-state index contributed by atoms with van der Waals surface area (Å²) in [5.41, 5.74) is 6.13. The summed E-state index contributed by atoms with van der Waals surface area (Å²) in [5, 5.41) is 13.4. The molecule has 1 rings (SSSR count). The first-order chi connectivity index (χ1) is 6.74. The molecule has 0 saturated heterocycles. The van der Waals surface area contributed by atoms with Crippen LogP contribution in [0.25, 0.3) is 0 Å². The van der Waals surface area contributed by atoms with E-state index in [0.29, 0.717) is 24.7 Å². The third-order valence-corrected chi connectivity index (χ3v) is 2.13. The van der Waals surface area contributed by atoms with Crippen molar-refractivity contribution in [2.45, 2.75) is 6.10 Å². The molecule has 0 aliphatic heterocycles. The molecule has 14 heavy (non-hydrogen) atoms.